The van der Waals surface area contributed by atoms with Gasteiger partial charge in [-0.05, 0) is 12.0 Å². The van der Waals surface area contributed by atoms with Crippen LogP contribution < -0.4 is 0 Å². The van der Waals surface area contributed by atoms with Crippen LogP contribution in [0.2, 0.25) is 0 Å². The molecular formula is C10H18N4O2S. The minimum absolute atomic E-state index is 0.601. The SMILES string of the molecule is CS(=O)(=O)N1CCN(CCc2cn[nH]c2)CC1. The molecule has 0 radical (unpaired) electrons. The third-order valence-electron chi connectivity index (χ3n) is 3.07. The van der Waals surface area contributed by atoms with E-state index < -0.39 is 10.0 Å². The van der Waals surface area contributed by atoms with Gasteiger partial charge in [0.1, 0.15) is 0 Å². The number of sulfonamides is 1. The van der Waals surface area contributed by atoms with Gasteiger partial charge in [0.05, 0.1) is 12.5 Å². The molecule has 0 spiro atoms. The van der Waals surface area contributed by atoms with Crippen molar-refractivity contribution in [2.24, 2.45) is 0 Å². The maximum atomic E-state index is 11.3. The molecule has 2 rings (SSSR count). The average Bonchev–Trinajstić information content (AvgIpc) is 2.78. The molecule has 17 heavy (non-hydrogen) atoms. The highest BCUT2D eigenvalue weighted by Gasteiger charge is 2.22. The summed E-state index contributed by atoms with van der Waals surface area (Å²) < 4.78 is 24.2. The number of nitrogens with zero attached hydrogens (tertiary/aromatic N) is 3. The summed E-state index contributed by atoms with van der Waals surface area (Å²) in [6, 6.07) is 0. The first-order valence-corrected chi connectivity index (χ1v) is 7.55. The van der Waals surface area contributed by atoms with Crippen LogP contribution in [0.1, 0.15) is 5.56 Å². The molecule has 96 valence electrons. The summed E-state index contributed by atoms with van der Waals surface area (Å²) >= 11 is 0. The molecule has 0 bridgehead atoms. The molecule has 1 aliphatic heterocycles. The number of nitrogens with one attached hydrogen (secondary N) is 1. The normalized spacial score (nSPS) is 19.6. The molecule has 0 aromatic carbocycles. The van der Waals surface area contributed by atoms with E-state index in [0.717, 1.165) is 26.1 Å². The highest BCUT2D eigenvalue weighted by Crippen LogP contribution is 2.07. The average molecular weight is 258 g/mol. The van der Waals surface area contributed by atoms with Gasteiger partial charge in [-0.3, -0.25) is 5.10 Å². The minimum Gasteiger partial charge on any atom is -0.300 e. The van der Waals surface area contributed by atoms with Crippen molar-refractivity contribution in [3.63, 3.8) is 0 Å². The van der Waals surface area contributed by atoms with Crippen LogP contribution in [0.15, 0.2) is 12.4 Å². The van der Waals surface area contributed by atoms with Gasteiger partial charge < -0.3 is 4.90 Å². The molecule has 0 aliphatic carbocycles. The standard InChI is InChI=1S/C10H18N4O2S/c1-17(15,16)14-6-4-13(5-7-14)3-2-10-8-11-12-9-10/h8-9H,2-7H2,1H3,(H,11,12). The Bertz CT molecular complexity index is 435. The van der Waals surface area contributed by atoms with Gasteiger partial charge in [0.25, 0.3) is 0 Å². The Balaban J connectivity index is 1.76. The van der Waals surface area contributed by atoms with Gasteiger partial charge in [0, 0.05) is 38.9 Å². The maximum absolute atomic E-state index is 11.3. The number of aromatic amines is 1. The zero-order valence-corrected chi connectivity index (χ0v) is 10.8. The number of aromatic nitrogens is 2. The van der Waals surface area contributed by atoms with E-state index in [1.165, 1.54) is 11.8 Å². The van der Waals surface area contributed by atoms with Gasteiger partial charge in [0.15, 0.2) is 0 Å². The van der Waals surface area contributed by atoms with Crippen LogP contribution >= 0.6 is 0 Å². The lowest BCUT2D eigenvalue weighted by atomic mass is 10.2. The monoisotopic (exact) mass is 258 g/mol. The van der Waals surface area contributed by atoms with E-state index in [1.807, 2.05) is 12.4 Å². The van der Waals surface area contributed by atoms with Crippen molar-refractivity contribution in [3.8, 4) is 0 Å². The molecule has 1 aliphatic rings. The van der Waals surface area contributed by atoms with E-state index >= 15 is 0 Å². The van der Waals surface area contributed by atoms with E-state index in [-0.39, 0.29) is 0 Å². The van der Waals surface area contributed by atoms with Crippen molar-refractivity contribution in [3.05, 3.63) is 18.0 Å². The van der Waals surface area contributed by atoms with Gasteiger partial charge in [-0.15, -0.1) is 0 Å². The Morgan fingerprint density at radius 1 is 1.35 bits per heavy atom. The number of H-pyrrole nitrogens is 1. The number of rotatable bonds is 4. The molecule has 0 unspecified atom stereocenters. The third kappa shape index (κ3) is 3.52. The highest BCUT2D eigenvalue weighted by atomic mass is 32.2. The summed E-state index contributed by atoms with van der Waals surface area (Å²) in [4.78, 5) is 2.29. The van der Waals surface area contributed by atoms with E-state index in [0.29, 0.717) is 13.1 Å². The van der Waals surface area contributed by atoms with Gasteiger partial charge in [0.2, 0.25) is 10.0 Å². The largest absolute Gasteiger partial charge is 0.300 e. The molecule has 6 nitrogen and oxygen atoms in total. The maximum Gasteiger partial charge on any atom is 0.211 e. The van der Waals surface area contributed by atoms with Crippen molar-refractivity contribution in [2.45, 2.75) is 6.42 Å². The third-order valence-corrected chi connectivity index (χ3v) is 4.38. The predicted molar refractivity (Wildman–Crippen MR) is 65.1 cm³/mol. The topological polar surface area (TPSA) is 69.3 Å². The second kappa shape index (κ2) is 5.16. The Kier molecular flexibility index (Phi) is 3.80. The van der Waals surface area contributed by atoms with Gasteiger partial charge in [-0.25, -0.2) is 8.42 Å². The van der Waals surface area contributed by atoms with Crippen molar-refractivity contribution in [1.82, 2.24) is 19.4 Å². The fourth-order valence-electron chi connectivity index (χ4n) is 1.99. The molecule has 1 N–H and O–H groups in total. The zero-order valence-electron chi connectivity index (χ0n) is 9.96. The summed E-state index contributed by atoms with van der Waals surface area (Å²) in [6.07, 6.45) is 5.95. The number of hydrogen-bond acceptors (Lipinski definition) is 4. The summed E-state index contributed by atoms with van der Waals surface area (Å²) in [7, 11) is -3.02. The van der Waals surface area contributed by atoms with E-state index in [2.05, 4.69) is 15.1 Å². The lowest BCUT2D eigenvalue weighted by molar-refractivity contribution is 0.191. The molecule has 0 saturated carbocycles. The molecule has 1 aromatic rings. The Morgan fingerprint density at radius 2 is 2.06 bits per heavy atom. The molecule has 1 aromatic heterocycles. The summed E-state index contributed by atoms with van der Waals surface area (Å²) in [5, 5.41) is 6.69. The first-order valence-electron chi connectivity index (χ1n) is 5.71. The highest BCUT2D eigenvalue weighted by molar-refractivity contribution is 7.88. The van der Waals surface area contributed by atoms with Crippen molar-refractivity contribution < 1.29 is 8.42 Å². The second-order valence-electron chi connectivity index (χ2n) is 4.36. The van der Waals surface area contributed by atoms with E-state index in [4.69, 9.17) is 0 Å². The second-order valence-corrected chi connectivity index (χ2v) is 6.34. The van der Waals surface area contributed by atoms with Crippen molar-refractivity contribution in [2.75, 3.05) is 39.0 Å². The molecule has 7 heteroatoms. The molecule has 2 heterocycles. The summed E-state index contributed by atoms with van der Waals surface area (Å²) in [5.41, 5.74) is 1.19. The summed E-state index contributed by atoms with van der Waals surface area (Å²) in [6.45, 7) is 3.78. The Morgan fingerprint density at radius 3 is 2.59 bits per heavy atom. The van der Waals surface area contributed by atoms with Crippen molar-refractivity contribution in [1.29, 1.82) is 0 Å². The van der Waals surface area contributed by atoms with Crippen LogP contribution in [0, 0.1) is 0 Å². The Labute approximate surface area is 102 Å². The van der Waals surface area contributed by atoms with Gasteiger partial charge >= 0.3 is 0 Å². The van der Waals surface area contributed by atoms with E-state index in [1.54, 1.807) is 4.31 Å². The quantitative estimate of drug-likeness (QED) is 0.792. The molecule has 1 fully saturated rings. The van der Waals surface area contributed by atoms with Crippen LogP contribution in [-0.2, 0) is 16.4 Å². The predicted octanol–water partition coefficient (Wildman–Crippen LogP) is -0.471. The lowest BCUT2D eigenvalue weighted by Crippen LogP contribution is -2.48. The number of piperazine rings is 1. The molecule has 0 amide bonds. The van der Waals surface area contributed by atoms with Crippen LogP contribution in [0.25, 0.3) is 0 Å². The molecule has 1 saturated heterocycles. The molecular weight excluding hydrogens is 240 g/mol. The number of hydrogen-bond donors (Lipinski definition) is 1. The first kappa shape index (κ1) is 12.5. The Hall–Kier alpha value is -0.920. The fourth-order valence-corrected chi connectivity index (χ4v) is 2.81. The summed E-state index contributed by atoms with van der Waals surface area (Å²) in [5.74, 6) is 0. The fraction of sp³-hybridized carbons (Fsp3) is 0.700. The van der Waals surface area contributed by atoms with Gasteiger partial charge in [-0.1, -0.05) is 0 Å². The first-order chi connectivity index (χ1) is 8.05. The minimum atomic E-state index is -3.02. The van der Waals surface area contributed by atoms with Gasteiger partial charge in [-0.2, -0.15) is 9.40 Å². The molecule has 0 atom stereocenters. The van der Waals surface area contributed by atoms with Crippen LogP contribution in [0.4, 0.5) is 0 Å². The lowest BCUT2D eigenvalue weighted by Gasteiger charge is -2.33. The smallest absolute Gasteiger partial charge is 0.211 e. The van der Waals surface area contributed by atoms with Crippen LogP contribution in [0.3, 0.4) is 0 Å². The van der Waals surface area contributed by atoms with Crippen LogP contribution in [-0.4, -0.2) is 66.8 Å². The van der Waals surface area contributed by atoms with Crippen molar-refractivity contribution >= 4 is 10.0 Å². The van der Waals surface area contributed by atoms with E-state index in [9.17, 15) is 8.42 Å². The zero-order chi connectivity index (χ0) is 12.3. The van der Waals surface area contributed by atoms with Crippen LogP contribution in [0.5, 0.6) is 0 Å².